The number of nitrogens with zero attached hydrogens (tertiary/aromatic N) is 1. The molecule has 2 heterocycles. The third kappa shape index (κ3) is 2.56. The van der Waals surface area contributed by atoms with Crippen molar-refractivity contribution in [3.63, 3.8) is 0 Å². The van der Waals surface area contributed by atoms with Crippen molar-refractivity contribution < 1.29 is 14.6 Å². The average Bonchev–Trinajstić information content (AvgIpc) is 3.07. The summed E-state index contributed by atoms with van der Waals surface area (Å²) in [6.07, 6.45) is 3.63. The fourth-order valence-corrected chi connectivity index (χ4v) is 5.73. The number of methoxy groups -OCH3 is 1. The highest BCUT2D eigenvalue weighted by Gasteiger charge is 2.58. The lowest BCUT2D eigenvalue weighted by molar-refractivity contribution is -0.169. The van der Waals surface area contributed by atoms with Gasteiger partial charge in [-0.05, 0) is 44.4 Å². The highest BCUT2D eigenvalue weighted by molar-refractivity contribution is 5.86. The number of carbonyl (C=O) groups is 1. The van der Waals surface area contributed by atoms with E-state index in [2.05, 4.69) is 48.1 Å². The molecule has 0 unspecified atom stereocenters. The Balaban J connectivity index is 1.97. The number of para-hydroxylation sites is 1. The monoisotopic (exact) mass is 382 g/mol. The van der Waals surface area contributed by atoms with Crippen molar-refractivity contribution in [2.75, 3.05) is 27.3 Å². The molecule has 1 aliphatic heterocycles. The summed E-state index contributed by atoms with van der Waals surface area (Å²) in [6.45, 7) is 4.86. The number of carbonyl (C=O) groups excluding carboxylic acids is 1. The first-order valence-electron chi connectivity index (χ1n) is 10.1. The van der Waals surface area contributed by atoms with Crippen LogP contribution in [0.2, 0.25) is 0 Å². The molecule has 5 nitrogen and oxygen atoms in total. The number of allylic oxidation sites excluding steroid dienone is 1. The maximum atomic E-state index is 13.2. The van der Waals surface area contributed by atoms with Gasteiger partial charge in [0.2, 0.25) is 0 Å². The summed E-state index contributed by atoms with van der Waals surface area (Å²) in [5.41, 5.74) is 3.93. The van der Waals surface area contributed by atoms with Crippen LogP contribution in [0.4, 0.5) is 0 Å². The number of aliphatic hydroxyl groups excluding tert-OH is 1. The lowest BCUT2D eigenvalue weighted by Crippen LogP contribution is -2.63. The molecule has 2 N–H and O–H groups in total. The Morgan fingerprint density at radius 3 is 2.86 bits per heavy atom. The Labute approximate surface area is 166 Å². The van der Waals surface area contributed by atoms with E-state index in [1.807, 2.05) is 13.0 Å². The number of aliphatic hydroxyl groups is 1. The normalized spacial score (nSPS) is 32.0. The van der Waals surface area contributed by atoms with E-state index in [0.29, 0.717) is 6.42 Å². The number of aromatic nitrogens is 1. The predicted molar refractivity (Wildman–Crippen MR) is 110 cm³/mol. The molecule has 2 aliphatic rings. The van der Waals surface area contributed by atoms with Crippen LogP contribution in [-0.4, -0.2) is 54.3 Å². The summed E-state index contributed by atoms with van der Waals surface area (Å²) in [6, 6.07) is 8.25. The fourth-order valence-electron chi connectivity index (χ4n) is 5.73. The molecule has 0 saturated carbocycles. The Kier molecular flexibility index (Phi) is 4.84. The molecule has 4 rings (SSSR count). The Morgan fingerprint density at radius 1 is 1.43 bits per heavy atom. The summed E-state index contributed by atoms with van der Waals surface area (Å²) >= 11 is 0. The van der Waals surface area contributed by atoms with E-state index in [1.54, 1.807) is 0 Å². The van der Waals surface area contributed by atoms with Crippen LogP contribution >= 0.6 is 0 Å². The van der Waals surface area contributed by atoms with Gasteiger partial charge in [-0.15, -0.1) is 0 Å². The Bertz CT molecular complexity index is 931. The van der Waals surface area contributed by atoms with Crippen LogP contribution in [-0.2, 0) is 16.0 Å². The van der Waals surface area contributed by atoms with Gasteiger partial charge in [0.25, 0.3) is 0 Å². The van der Waals surface area contributed by atoms with Crippen LogP contribution in [0.25, 0.3) is 10.9 Å². The van der Waals surface area contributed by atoms with Crippen LogP contribution in [0, 0.1) is 11.3 Å². The number of hydrogen-bond acceptors (Lipinski definition) is 4. The van der Waals surface area contributed by atoms with Crippen molar-refractivity contribution >= 4 is 16.9 Å². The van der Waals surface area contributed by atoms with Crippen molar-refractivity contribution in [3.05, 3.63) is 47.2 Å². The molecule has 150 valence electrons. The van der Waals surface area contributed by atoms with Gasteiger partial charge in [-0.1, -0.05) is 36.8 Å². The van der Waals surface area contributed by atoms with Gasteiger partial charge in [-0.2, -0.15) is 0 Å². The molecule has 2 bridgehead atoms. The maximum absolute atomic E-state index is 13.2. The molecule has 2 aromatic rings. The van der Waals surface area contributed by atoms with Gasteiger partial charge < -0.3 is 14.8 Å². The fraction of sp³-hybridized carbons (Fsp3) is 0.522. The van der Waals surface area contributed by atoms with E-state index in [9.17, 15) is 9.90 Å². The average molecular weight is 383 g/mol. The van der Waals surface area contributed by atoms with E-state index in [4.69, 9.17) is 4.74 Å². The van der Waals surface area contributed by atoms with Crippen molar-refractivity contribution in [1.29, 1.82) is 0 Å². The molecular formula is C23H30N2O3. The summed E-state index contributed by atoms with van der Waals surface area (Å²) < 4.78 is 5.29. The number of H-pyrrole nitrogens is 1. The van der Waals surface area contributed by atoms with Crippen molar-refractivity contribution in [3.8, 4) is 0 Å². The van der Waals surface area contributed by atoms with Crippen molar-refractivity contribution in [1.82, 2.24) is 9.88 Å². The number of fused-ring (bicyclic) bond motifs is 5. The van der Waals surface area contributed by atoms with E-state index < -0.39 is 5.41 Å². The first-order valence-corrected chi connectivity index (χ1v) is 10.1. The number of hydrogen-bond donors (Lipinski definition) is 2. The van der Waals surface area contributed by atoms with Crippen molar-refractivity contribution in [2.45, 2.75) is 38.6 Å². The van der Waals surface area contributed by atoms with Gasteiger partial charge in [-0.3, -0.25) is 9.69 Å². The molecule has 1 aromatic heterocycles. The number of likely N-dealkylation sites (tertiary alicyclic amines) is 1. The Hall–Kier alpha value is -2.11. The number of nitrogens with one attached hydrogen (secondary N) is 1. The smallest absolute Gasteiger partial charge is 0.316 e. The number of benzene rings is 1. The maximum Gasteiger partial charge on any atom is 0.316 e. The zero-order chi connectivity index (χ0) is 20.1. The zero-order valence-corrected chi connectivity index (χ0v) is 17.2. The number of esters is 1. The van der Waals surface area contributed by atoms with Gasteiger partial charge in [0.05, 0.1) is 13.7 Å². The minimum Gasteiger partial charge on any atom is -0.468 e. The van der Waals surface area contributed by atoms with Gasteiger partial charge in [-0.25, -0.2) is 0 Å². The molecule has 1 saturated heterocycles. The van der Waals surface area contributed by atoms with E-state index >= 15 is 0 Å². The minimum atomic E-state index is -0.950. The summed E-state index contributed by atoms with van der Waals surface area (Å²) in [5, 5.41) is 11.8. The number of piperidine rings is 1. The lowest BCUT2D eigenvalue weighted by atomic mass is 9.59. The molecule has 28 heavy (non-hydrogen) atoms. The predicted octanol–water partition coefficient (Wildman–Crippen LogP) is 3.25. The van der Waals surface area contributed by atoms with Gasteiger partial charge in [0, 0.05) is 35.1 Å². The van der Waals surface area contributed by atoms with Crippen LogP contribution in [0.15, 0.2) is 35.9 Å². The number of aromatic amines is 1. The second-order valence-electron chi connectivity index (χ2n) is 8.44. The van der Waals surface area contributed by atoms with Crippen LogP contribution in [0.1, 0.15) is 37.4 Å². The minimum absolute atomic E-state index is 0.0364. The second kappa shape index (κ2) is 7.05. The van der Waals surface area contributed by atoms with E-state index in [-0.39, 0.29) is 30.5 Å². The molecule has 5 heteroatoms. The topological polar surface area (TPSA) is 65.6 Å². The molecule has 4 atom stereocenters. The summed E-state index contributed by atoms with van der Waals surface area (Å²) in [7, 11) is 3.49. The highest BCUT2D eigenvalue weighted by Crippen LogP contribution is 2.51. The van der Waals surface area contributed by atoms with Crippen LogP contribution in [0.5, 0.6) is 0 Å². The molecule has 1 aliphatic carbocycles. The molecule has 1 aromatic carbocycles. The third-order valence-corrected chi connectivity index (χ3v) is 7.15. The third-order valence-electron chi connectivity index (χ3n) is 7.15. The summed E-state index contributed by atoms with van der Waals surface area (Å²) in [5.74, 6) is -0.0839. The quantitative estimate of drug-likeness (QED) is 0.618. The van der Waals surface area contributed by atoms with Gasteiger partial charge >= 0.3 is 5.97 Å². The SMILES string of the molecule is C/C=C1/CN(C)[C@H]2Cc3c([nH]c4ccccc34)[C@@H](C)C[C@H]1[C@@]2(CO)C(=O)OC. The van der Waals surface area contributed by atoms with E-state index in [1.165, 1.54) is 29.3 Å². The summed E-state index contributed by atoms with van der Waals surface area (Å²) in [4.78, 5) is 19.0. The molecule has 0 spiro atoms. The van der Waals surface area contributed by atoms with Crippen LogP contribution in [0.3, 0.4) is 0 Å². The standard InChI is InChI=1S/C23H30N2O3/c1-5-15-12-25(3)20-11-17-16-8-6-7-9-19(16)24-21(17)14(2)10-18(15)23(20,13-26)22(27)28-4/h5-9,14,18,20,24,26H,10-13H2,1-4H3/b15-5-/t14-,18+,20-,23+/m0/s1. The van der Waals surface area contributed by atoms with E-state index in [0.717, 1.165) is 18.5 Å². The first kappa shape index (κ1) is 19.2. The Morgan fingerprint density at radius 2 is 2.18 bits per heavy atom. The highest BCUT2D eigenvalue weighted by atomic mass is 16.5. The molecule has 0 radical (unpaired) electrons. The first-order chi connectivity index (χ1) is 13.5. The van der Waals surface area contributed by atoms with Gasteiger partial charge in [0.1, 0.15) is 5.41 Å². The number of ether oxygens (including phenoxy) is 1. The largest absolute Gasteiger partial charge is 0.468 e. The number of rotatable bonds is 2. The lowest BCUT2D eigenvalue weighted by Gasteiger charge is -2.53. The van der Waals surface area contributed by atoms with Gasteiger partial charge in [0.15, 0.2) is 0 Å². The zero-order valence-electron chi connectivity index (χ0n) is 17.2. The molecule has 0 amide bonds. The second-order valence-corrected chi connectivity index (χ2v) is 8.44. The molecule has 1 fully saturated rings. The molecular weight excluding hydrogens is 352 g/mol. The van der Waals surface area contributed by atoms with Crippen LogP contribution < -0.4 is 0 Å². The van der Waals surface area contributed by atoms with Crippen molar-refractivity contribution in [2.24, 2.45) is 11.3 Å². The number of likely N-dealkylation sites (N-methyl/N-ethyl adjacent to an activating group) is 1.